The van der Waals surface area contributed by atoms with Gasteiger partial charge in [0.1, 0.15) is 24.4 Å². The first-order valence-corrected chi connectivity index (χ1v) is 7.56. The zero-order chi connectivity index (χ0) is 15.9. The van der Waals surface area contributed by atoms with Crippen LogP contribution in [0.2, 0.25) is 0 Å². The van der Waals surface area contributed by atoms with Gasteiger partial charge in [0, 0.05) is 6.61 Å². The molecule has 3 N–H and O–H groups in total. The second-order valence-corrected chi connectivity index (χ2v) is 5.38. The molecule has 0 aliphatic carbocycles. The predicted octanol–water partition coefficient (Wildman–Crippen LogP) is 0.437. The topological polar surface area (TPSA) is 88.4 Å². The largest absolute Gasteiger partial charge is 0.387 e. The van der Waals surface area contributed by atoms with Crippen molar-refractivity contribution in [2.24, 2.45) is 0 Å². The van der Waals surface area contributed by atoms with E-state index >= 15 is 0 Å². The van der Waals surface area contributed by atoms with E-state index < -0.39 is 30.7 Å². The number of aliphatic hydroxyl groups excluding tert-OH is 3. The van der Waals surface area contributed by atoms with Gasteiger partial charge in [0.15, 0.2) is 6.29 Å². The minimum absolute atomic E-state index is 0.103. The number of hydrogen-bond acceptors (Lipinski definition) is 6. The summed E-state index contributed by atoms with van der Waals surface area (Å²) in [6.45, 7) is 2.80. The van der Waals surface area contributed by atoms with E-state index in [2.05, 4.69) is 0 Å². The SMILES string of the molecule is CCCOC1C(O)C(O)OC(COCc2ccccc2)C1O. The Bertz CT molecular complexity index is 426. The van der Waals surface area contributed by atoms with Gasteiger partial charge in [-0.05, 0) is 12.0 Å². The molecule has 0 saturated carbocycles. The summed E-state index contributed by atoms with van der Waals surface area (Å²) < 4.78 is 16.2. The van der Waals surface area contributed by atoms with Crippen molar-refractivity contribution in [2.45, 2.75) is 50.7 Å². The van der Waals surface area contributed by atoms with Gasteiger partial charge in [-0.15, -0.1) is 0 Å². The average molecular weight is 312 g/mol. The van der Waals surface area contributed by atoms with E-state index in [9.17, 15) is 15.3 Å². The Hall–Kier alpha value is -1.02. The van der Waals surface area contributed by atoms with E-state index in [1.165, 1.54) is 0 Å². The quantitative estimate of drug-likeness (QED) is 0.677. The summed E-state index contributed by atoms with van der Waals surface area (Å²) in [7, 11) is 0. The van der Waals surface area contributed by atoms with Crippen LogP contribution in [0.25, 0.3) is 0 Å². The summed E-state index contributed by atoms with van der Waals surface area (Å²) in [6.07, 6.45) is -4.59. The van der Waals surface area contributed by atoms with Gasteiger partial charge >= 0.3 is 0 Å². The molecule has 6 nitrogen and oxygen atoms in total. The average Bonchev–Trinajstić information content (AvgIpc) is 2.53. The van der Waals surface area contributed by atoms with Crippen molar-refractivity contribution in [3.63, 3.8) is 0 Å². The standard InChI is InChI=1S/C16H24O6/c1-2-8-21-15-13(17)12(22-16(19)14(15)18)10-20-9-11-6-4-3-5-7-11/h3-7,12-19H,2,8-10H2,1H3. The first-order valence-electron chi connectivity index (χ1n) is 7.56. The molecular formula is C16H24O6. The molecule has 5 atom stereocenters. The van der Waals surface area contributed by atoms with Crippen LogP contribution in [-0.2, 0) is 20.8 Å². The maximum atomic E-state index is 10.2. The lowest BCUT2D eigenvalue weighted by atomic mass is 9.99. The smallest absolute Gasteiger partial charge is 0.184 e. The molecule has 1 aliphatic heterocycles. The Labute approximate surface area is 130 Å². The van der Waals surface area contributed by atoms with Crippen LogP contribution in [0.4, 0.5) is 0 Å². The monoisotopic (exact) mass is 312 g/mol. The number of ether oxygens (including phenoxy) is 3. The molecule has 1 aromatic rings. The molecule has 1 fully saturated rings. The number of hydrogen-bond donors (Lipinski definition) is 3. The molecule has 0 aromatic heterocycles. The normalized spacial score (nSPS) is 32.1. The van der Waals surface area contributed by atoms with E-state index in [1.807, 2.05) is 37.3 Å². The van der Waals surface area contributed by atoms with E-state index in [0.717, 1.165) is 12.0 Å². The van der Waals surface area contributed by atoms with Crippen LogP contribution in [0.3, 0.4) is 0 Å². The molecule has 1 aliphatic rings. The highest BCUT2D eigenvalue weighted by Gasteiger charge is 2.44. The Morgan fingerprint density at radius 1 is 1.09 bits per heavy atom. The summed E-state index contributed by atoms with van der Waals surface area (Å²) in [6, 6.07) is 9.62. The molecule has 1 saturated heterocycles. The van der Waals surface area contributed by atoms with Crippen LogP contribution in [0.5, 0.6) is 0 Å². The molecule has 0 spiro atoms. The van der Waals surface area contributed by atoms with Crippen LogP contribution in [0.15, 0.2) is 30.3 Å². The Kier molecular flexibility index (Phi) is 6.75. The third-order valence-electron chi connectivity index (χ3n) is 3.57. The van der Waals surface area contributed by atoms with Gasteiger partial charge in [0.2, 0.25) is 0 Å². The van der Waals surface area contributed by atoms with E-state index in [0.29, 0.717) is 13.2 Å². The van der Waals surface area contributed by atoms with Crippen molar-refractivity contribution in [2.75, 3.05) is 13.2 Å². The molecule has 0 amide bonds. The second kappa shape index (κ2) is 8.57. The van der Waals surface area contributed by atoms with Gasteiger partial charge in [-0.2, -0.15) is 0 Å². The van der Waals surface area contributed by atoms with Crippen molar-refractivity contribution in [3.05, 3.63) is 35.9 Å². The molecule has 0 radical (unpaired) electrons. The van der Waals surface area contributed by atoms with Crippen LogP contribution in [0.1, 0.15) is 18.9 Å². The minimum atomic E-state index is -1.39. The number of benzene rings is 1. The summed E-state index contributed by atoms with van der Waals surface area (Å²) in [5.41, 5.74) is 1.01. The first kappa shape index (κ1) is 17.3. The second-order valence-electron chi connectivity index (χ2n) is 5.38. The lowest BCUT2D eigenvalue weighted by Crippen LogP contribution is -2.59. The third kappa shape index (κ3) is 4.49. The summed E-state index contributed by atoms with van der Waals surface area (Å²) >= 11 is 0. The third-order valence-corrected chi connectivity index (χ3v) is 3.57. The van der Waals surface area contributed by atoms with Crippen molar-refractivity contribution >= 4 is 0 Å². The molecule has 124 valence electrons. The molecule has 1 aromatic carbocycles. The Morgan fingerprint density at radius 3 is 2.50 bits per heavy atom. The van der Waals surface area contributed by atoms with Gasteiger partial charge < -0.3 is 29.5 Å². The highest BCUT2D eigenvalue weighted by atomic mass is 16.7. The van der Waals surface area contributed by atoms with E-state index in [4.69, 9.17) is 14.2 Å². The van der Waals surface area contributed by atoms with Crippen LogP contribution in [-0.4, -0.2) is 59.2 Å². The van der Waals surface area contributed by atoms with E-state index in [1.54, 1.807) is 0 Å². The minimum Gasteiger partial charge on any atom is -0.387 e. The molecule has 22 heavy (non-hydrogen) atoms. The first-order chi connectivity index (χ1) is 10.6. The molecule has 6 heteroatoms. The Morgan fingerprint density at radius 2 is 1.82 bits per heavy atom. The summed E-state index contributed by atoms with van der Waals surface area (Å²) in [4.78, 5) is 0. The number of aliphatic hydroxyl groups is 3. The predicted molar refractivity (Wildman–Crippen MR) is 79.0 cm³/mol. The van der Waals surface area contributed by atoms with Crippen molar-refractivity contribution in [1.29, 1.82) is 0 Å². The van der Waals surface area contributed by atoms with Gasteiger partial charge in [-0.25, -0.2) is 0 Å². The van der Waals surface area contributed by atoms with Crippen LogP contribution < -0.4 is 0 Å². The molecule has 1 heterocycles. The van der Waals surface area contributed by atoms with Gasteiger partial charge in [0.05, 0.1) is 13.2 Å². The van der Waals surface area contributed by atoms with Crippen molar-refractivity contribution in [3.8, 4) is 0 Å². The zero-order valence-electron chi connectivity index (χ0n) is 12.7. The highest BCUT2D eigenvalue weighted by Crippen LogP contribution is 2.23. The molecule has 2 rings (SSSR count). The fraction of sp³-hybridized carbons (Fsp3) is 0.625. The molecular weight excluding hydrogens is 288 g/mol. The fourth-order valence-corrected chi connectivity index (χ4v) is 2.37. The van der Waals surface area contributed by atoms with Crippen LogP contribution >= 0.6 is 0 Å². The molecule has 5 unspecified atom stereocenters. The highest BCUT2D eigenvalue weighted by molar-refractivity contribution is 5.13. The lowest BCUT2D eigenvalue weighted by Gasteiger charge is -2.40. The maximum Gasteiger partial charge on any atom is 0.184 e. The van der Waals surface area contributed by atoms with Gasteiger partial charge in [0.25, 0.3) is 0 Å². The summed E-state index contributed by atoms with van der Waals surface area (Å²) in [5.74, 6) is 0. The molecule has 0 bridgehead atoms. The van der Waals surface area contributed by atoms with E-state index in [-0.39, 0.29) is 6.61 Å². The Balaban J connectivity index is 1.86. The van der Waals surface area contributed by atoms with Crippen molar-refractivity contribution in [1.82, 2.24) is 0 Å². The maximum absolute atomic E-state index is 10.2. The van der Waals surface area contributed by atoms with Crippen molar-refractivity contribution < 1.29 is 29.5 Å². The number of rotatable bonds is 7. The summed E-state index contributed by atoms with van der Waals surface area (Å²) in [5, 5.41) is 29.8. The van der Waals surface area contributed by atoms with Gasteiger partial charge in [-0.3, -0.25) is 0 Å². The zero-order valence-corrected chi connectivity index (χ0v) is 12.7. The van der Waals surface area contributed by atoms with Gasteiger partial charge in [-0.1, -0.05) is 37.3 Å². The fourth-order valence-electron chi connectivity index (χ4n) is 2.37. The lowest BCUT2D eigenvalue weighted by molar-refractivity contribution is -0.296. The van der Waals surface area contributed by atoms with Crippen LogP contribution in [0, 0.1) is 0 Å².